The van der Waals surface area contributed by atoms with E-state index in [0.717, 1.165) is 12.0 Å². The summed E-state index contributed by atoms with van der Waals surface area (Å²) in [4.78, 5) is 0. The lowest BCUT2D eigenvalue weighted by atomic mass is 9.96. The number of hydrogen-bond acceptors (Lipinski definition) is 3. The van der Waals surface area contributed by atoms with Crippen LogP contribution in [0, 0.1) is 0 Å². The Bertz CT molecular complexity index is 332. The number of nitrogens with two attached hydrogens (primary N) is 1. The van der Waals surface area contributed by atoms with Crippen molar-refractivity contribution in [2.24, 2.45) is 5.73 Å². The van der Waals surface area contributed by atoms with Gasteiger partial charge in [-0.2, -0.15) is 0 Å². The van der Waals surface area contributed by atoms with E-state index < -0.39 is 5.79 Å². The first-order valence-corrected chi connectivity index (χ1v) is 5.47. The van der Waals surface area contributed by atoms with Crippen LogP contribution in [0.5, 0.6) is 0 Å². The van der Waals surface area contributed by atoms with E-state index >= 15 is 0 Å². The molecule has 1 aromatic carbocycles. The van der Waals surface area contributed by atoms with Crippen LogP contribution in [0.2, 0.25) is 0 Å². The Kier molecular flexibility index (Phi) is 4.47. The highest BCUT2D eigenvalue weighted by Crippen LogP contribution is 2.28. The minimum Gasteiger partial charge on any atom is -0.349 e. The summed E-state index contributed by atoms with van der Waals surface area (Å²) in [6, 6.07) is 8.20. The fraction of sp³-hybridized carbons (Fsp3) is 0.538. The smallest absolute Gasteiger partial charge is 0.191 e. The van der Waals surface area contributed by atoms with Crippen LogP contribution in [0.15, 0.2) is 24.3 Å². The molecule has 0 aliphatic rings. The molecule has 0 bridgehead atoms. The summed E-state index contributed by atoms with van der Waals surface area (Å²) in [7, 11) is 3.29. The molecular weight excluding hydrogens is 202 g/mol. The molecule has 0 aliphatic heterocycles. The molecule has 0 saturated carbocycles. The van der Waals surface area contributed by atoms with E-state index in [2.05, 4.69) is 6.07 Å². The molecule has 90 valence electrons. The van der Waals surface area contributed by atoms with Gasteiger partial charge in [0.05, 0.1) is 0 Å². The Labute approximate surface area is 97.6 Å². The van der Waals surface area contributed by atoms with Gasteiger partial charge in [-0.25, -0.2) is 0 Å². The predicted octanol–water partition coefficient (Wildman–Crippen LogP) is 2.04. The highest BCUT2D eigenvalue weighted by Gasteiger charge is 2.28. The van der Waals surface area contributed by atoms with Crippen LogP contribution in [-0.2, 0) is 21.7 Å². The molecular formula is C13H21NO2. The molecule has 0 fully saturated rings. The lowest BCUT2D eigenvalue weighted by Gasteiger charge is -2.29. The Morgan fingerprint density at radius 3 is 2.31 bits per heavy atom. The molecule has 0 heterocycles. The van der Waals surface area contributed by atoms with Crippen molar-refractivity contribution in [3.8, 4) is 0 Å². The summed E-state index contributed by atoms with van der Waals surface area (Å²) in [6.45, 7) is 3.90. The predicted molar refractivity (Wildman–Crippen MR) is 65.2 cm³/mol. The third-order valence-electron chi connectivity index (χ3n) is 2.83. The second kappa shape index (κ2) is 5.43. The minimum absolute atomic E-state index is 0.124. The van der Waals surface area contributed by atoms with Crippen LogP contribution in [-0.4, -0.2) is 20.3 Å². The van der Waals surface area contributed by atoms with Gasteiger partial charge >= 0.3 is 0 Å². The highest BCUT2D eigenvalue weighted by atomic mass is 16.7. The molecule has 0 amide bonds. The van der Waals surface area contributed by atoms with Crippen LogP contribution < -0.4 is 5.73 Å². The van der Waals surface area contributed by atoms with Crippen molar-refractivity contribution >= 4 is 0 Å². The first-order chi connectivity index (χ1) is 7.53. The van der Waals surface area contributed by atoms with Gasteiger partial charge in [0.2, 0.25) is 0 Å². The Morgan fingerprint density at radius 1 is 1.25 bits per heavy atom. The van der Waals surface area contributed by atoms with Gasteiger partial charge in [-0.3, -0.25) is 0 Å². The van der Waals surface area contributed by atoms with E-state index in [0.29, 0.717) is 0 Å². The summed E-state index contributed by atoms with van der Waals surface area (Å²) in [5.74, 6) is -0.703. The van der Waals surface area contributed by atoms with E-state index in [1.165, 1.54) is 5.56 Å². The van der Waals surface area contributed by atoms with Crippen LogP contribution >= 0.6 is 0 Å². The quantitative estimate of drug-likeness (QED) is 0.777. The molecule has 2 N–H and O–H groups in total. The molecule has 0 aromatic heterocycles. The first-order valence-electron chi connectivity index (χ1n) is 5.47. The van der Waals surface area contributed by atoms with Crippen molar-refractivity contribution in [3.63, 3.8) is 0 Å². The molecule has 16 heavy (non-hydrogen) atoms. The maximum absolute atomic E-state index is 5.84. The normalized spacial score (nSPS) is 13.8. The molecule has 0 radical (unpaired) electrons. The number of methoxy groups -OCH3 is 2. The standard InChI is InChI=1S/C13H21NO2/c1-10(14)9-11-7-5-6-8-12(11)13(2,15-3)16-4/h5-8,10H,9,14H2,1-4H3. The molecule has 1 rings (SSSR count). The van der Waals surface area contributed by atoms with Gasteiger partial charge in [-0.15, -0.1) is 0 Å². The minimum atomic E-state index is -0.703. The van der Waals surface area contributed by atoms with Crippen LogP contribution in [0.3, 0.4) is 0 Å². The lowest BCUT2D eigenvalue weighted by Crippen LogP contribution is -2.29. The molecule has 0 saturated heterocycles. The Morgan fingerprint density at radius 2 is 1.81 bits per heavy atom. The summed E-state index contributed by atoms with van der Waals surface area (Å²) >= 11 is 0. The van der Waals surface area contributed by atoms with Gasteiger partial charge < -0.3 is 15.2 Å². The topological polar surface area (TPSA) is 44.5 Å². The van der Waals surface area contributed by atoms with Crippen molar-refractivity contribution < 1.29 is 9.47 Å². The second-order valence-corrected chi connectivity index (χ2v) is 4.19. The Balaban J connectivity index is 3.11. The van der Waals surface area contributed by atoms with Gasteiger partial charge in [0.15, 0.2) is 5.79 Å². The summed E-state index contributed by atoms with van der Waals surface area (Å²) in [5.41, 5.74) is 8.05. The second-order valence-electron chi connectivity index (χ2n) is 4.19. The van der Waals surface area contributed by atoms with Gasteiger partial charge in [-0.1, -0.05) is 24.3 Å². The molecule has 1 atom stereocenters. The van der Waals surface area contributed by atoms with E-state index in [1.807, 2.05) is 32.0 Å². The van der Waals surface area contributed by atoms with Crippen molar-refractivity contribution in [2.75, 3.05) is 14.2 Å². The van der Waals surface area contributed by atoms with Crippen LogP contribution in [0.25, 0.3) is 0 Å². The monoisotopic (exact) mass is 223 g/mol. The average molecular weight is 223 g/mol. The average Bonchev–Trinajstić information content (AvgIpc) is 2.28. The number of ether oxygens (including phenoxy) is 2. The first kappa shape index (κ1) is 13.2. The maximum Gasteiger partial charge on any atom is 0.191 e. The zero-order chi connectivity index (χ0) is 12.2. The van der Waals surface area contributed by atoms with Gasteiger partial charge in [-0.05, 0) is 25.8 Å². The van der Waals surface area contributed by atoms with E-state index in [1.54, 1.807) is 14.2 Å². The summed E-state index contributed by atoms with van der Waals surface area (Å²) < 4.78 is 10.9. The zero-order valence-electron chi connectivity index (χ0n) is 10.5. The largest absolute Gasteiger partial charge is 0.349 e. The Hall–Kier alpha value is -0.900. The van der Waals surface area contributed by atoms with E-state index in [-0.39, 0.29) is 6.04 Å². The number of benzene rings is 1. The maximum atomic E-state index is 5.84. The number of rotatable bonds is 5. The van der Waals surface area contributed by atoms with Crippen LogP contribution in [0.1, 0.15) is 25.0 Å². The molecule has 3 nitrogen and oxygen atoms in total. The van der Waals surface area contributed by atoms with Crippen molar-refractivity contribution in [1.82, 2.24) is 0 Å². The van der Waals surface area contributed by atoms with Gasteiger partial charge in [0.1, 0.15) is 0 Å². The fourth-order valence-electron chi connectivity index (χ4n) is 1.79. The molecule has 1 unspecified atom stereocenters. The third kappa shape index (κ3) is 2.82. The van der Waals surface area contributed by atoms with E-state index in [4.69, 9.17) is 15.2 Å². The highest BCUT2D eigenvalue weighted by molar-refractivity contribution is 5.31. The van der Waals surface area contributed by atoms with Crippen LogP contribution in [0.4, 0.5) is 0 Å². The summed E-state index contributed by atoms with van der Waals surface area (Å²) in [6.07, 6.45) is 0.818. The van der Waals surface area contributed by atoms with Crippen molar-refractivity contribution in [1.29, 1.82) is 0 Å². The SMILES string of the molecule is COC(C)(OC)c1ccccc1CC(C)N. The molecule has 3 heteroatoms. The third-order valence-corrected chi connectivity index (χ3v) is 2.83. The van der Waals surface area contributed by atoms with Crippen molar-refractivity contribution in [3.05, 3.63) is 35.4 Å². The molecule has 1 aromatic rings. The molecule has 0 aliphatic carbocycles. The molecule has 0 spiro atoms. The fourth-order valence-corrected chi connectivity index (χ4v) is 1.79. The van der Waals surface area contributed by atoms with Gasteiger partial charge in [0.25, 0.3) is 0 Å². The van der Waals surface area contributed by atoms with Gasteiger partial charge in [0, 0.05) is 25.8 Å². The lowest BCUT2D eigenvalue weighted by molar-refractivity contribution is -0.202. The van der Waals surface area contributed by atoms with E-state index in [9.17, 15) is 0 Å². The zero-order valence-corrected chi connectivity index (χ0v) is 10.5. The summed E-state index contributed by atoms with van der Waals surface area (Å²) in [5, 5.41) is 0. The number of hydrogen-bond donors (Lipinski definition) is 1. The van der Waals surface area contributed by atoms with Crippen molar-refractivity contribution in [2.45, 2.75) is 32.1 Å².